The maximum Gasteiger partial charge on any atom is 0.191 e. The van der Waals surface area contributed by atoms with E-state index >= 15 is 0 Å². The zero-order chi connectivity index (χ0) is 19.5. The summed E-state index contributed by atoms with van der Waals surface area (Å²) < 4.78 is 10.9. The summed E-state index contributed by atoms with van der Waals surface area (Å²) in [5.74, 6) is 2.93. The fraction of sp³-hybridized carbons (Fsp3) is 0.524. The third-order valence-electron chi connectivity index (χ3n) is 4.60. The molecule has 2 aromatic rings. The first-order valence-corrected chi connectivity index (χ1v) is 9.81. The van der Waals surface area contributed by atoms with E-state index in [1.165, 1.54) is 5.56 Å². The Bertz CT molecular complexity index is 708. The molecule has 0 spiro atoms. The van der Waals surface area contributed by atoms with Crippen LogP contribution in [-0.2, 0) is 13.0 Å². The second-order valence-corrected chi connectivity index (χ2v) is 6.42. The third kappa shape index (κ3) is 6.31. The fourth-order valence-electron chi connectivity index (χ4n) is 3.03. The third-order valence-corrected chi connectivity index (χ3v) is 4.60. The van der Waals surface area contributed by atoms with Crippen molar-refractivity contribution >= 4 is 5.96 Å². The van der Waals surface area contributed by atoms with Crippen LogP contribution in [-0.4, -0.2) is 31.3 Å². The van der Waals surface area contributed by atoms with E-state index in [1.807, 2.05) is 24.3 Å². The molecule has 2 rings (SSSR count). The lowest BCUT2D eigenvalue weighted by Gasteiger charge is -2.12. The molecule has 148 valence electrons. The predicted octanol–water partition coefficient (Wildman–Crippen LogP) is 3.88. The van der Waals surface area contributed by atoms with E-state index < -0.39 is 0 Å². The van der Waals surface area contributed by atoms with Gasteiger partial charge in [-0.05, 0) is 37.8 Å². The maximum absolute atomic E-state index is 5.45. The molecule has 0 aliphatic heterocycles. The highest BCUT2D eigenvalue weighted by Gasteiger charge is 2.12. The Balaban J connectivity index is 1.92. The lowest BCUT2D eigenvalue weighted by atomic mass is 9.99. The highest BCUT2D eigenvalue weighted by Crippen LogP contribution is 2.22. The highest BCUT2D eigenvalue weighted by molar-refractivity contribution is 5.79. The minimum Gasteiger partial charge on any atom is -0.496 e. The predicted molar refractivity (Wildman–Crippen MR) is 109 cm³/mol. The number of nitrogens with zero attached hydrogens (tertiary/aromatic N) is 2. The van der Waals surface area contributed by atoms with Gasteiger partial charge in [-0.3, -0.25) is 0 Å². The summed E-state index contributed by atoms with van der Waals surface area (Å²) in [5.41, 5.74) is 2.20. The van der Waals surface area contributed by atoms with Crippen LogP contribution in [0.3, 0.4) is 0 Å². The van der Waals surface area contributed by atoms with Gasteiger partial charge in [0, 0.05) is 25.1 Å². The maximum atomic E-state index is 5.45. The van der Waals surface area contributed by atoms with Crippen LogP contribution in [0.2, 0.25) is 0 Å². The minimum atomic E-state index is 0.457. The molecule has 0 aliphatic carbocycles. The number of para-hydroxylation sites is 1. The van der Waals surface area contributed by atoms with Crippen molar-refractivity contribution in [1.82, 2.24) is 15.8 Å². The number of guanidine groups is 1. The molecule has 0 saturated carbocycles. The monoisotopic (exact) mass is 372 g/mol. The van der Waals surface area contributed by atoms with Gasteiger partial charge in [-0.1, -0.05) is 37.2 Å². The molecule has 1 heterocycles. The largest absolute Gasteiger partial charge is 0.496 e. The molecule has 0 amide bonds. The Morgan fingerprint density at radius 3 is 2.67 bits per heavy atom. The number of nitrogens with one attached hydrogen (secondary N) is 2. The fourth-order valence-corrected chi connectivity index (χ4v) is 3.03. The van der Waals surface area contributed by atoms with Crippen molar-refractivity contribution in [2.24, 2.45) is 4.99 Å². The van der Waals surface area contributed by atoms with Crippen molar-refractivity contribution in [2.75, 3.05) is 20.2 Å². The number of rotatable bonds is 10. The van der Waals surface area contributed by atoms with Crippen LogP contribution in [0, 0.1) is 0 Å². The average Bonchev–Trinajstić information content (AvgIpc) is 3.16. The van der Waals surface area contributed by atoms with Gasteiger partial charge >= 0.3 is 0 Å². The van der Waals surface area contributed by atoms with Crippen molar-refractivity contribution < 1.29 is 9.26 Å². The van der Waals surface area contributed by atoms with Crippen LogP contribution in [0.4, 0.5) is 0 Å². The molecule has 0 unspecified atom stereocenters. The quantitative estimate of drug-likeness (QED) is 0.489. The van der Waals surface area contributed by atoms with Crippen molar-refractivity contribution in [3.8, 4) is 5.75 Å². The molecule has 0 saturated heterocycles. The standard InChI is InChI=1S/C21H32N4O2/c1-5-16(6-2)19-14-18(27-25-19)15-24-21(22-7-3)23-13-12-17-10-8-9-11-20(17)26-4/h8-11,14,16H,5-7,12-13,15H2,1-4H3,(H2,22,23,24). The molecule has 2 N–H and O–H groups in total. The average molecular weight is 373 g/mol. The van der Waals surface area contributed by atoms with Crippen LogP contribution in [0.25, 0.3) is 0 Å². The SMILES string of the molecule is CCNC(=NCc1cc(C(CC)CC)no1)NCCc1ccccc1OC. The Labute approximate surface area is 162 Å². The number of hydrogen-bond donors (Lipinski definition) is 2. The van der Waals surface area contributed by atoms with Crippen molar-refractivity contribution in [3.63, 3.8) is 0 Å². The molecule has 0 bridgehead atoms. The van der Waals surface area contributed by atoms with Gasteiger partial charge in [0.1, 0.15) is 12.3 Å². The van der Waals surface area contributed by atoms with Gasteiger partial charge in [-0.25, -0.2) is 4.99 Å². The van der Waals surface area contributed by atoms with E-state index in [0.717, 1.165) is 55.5 Å². The molecule has 1 aromatic carbocycles. The van der Waals surface area contributed by atoms with E-state index in [0.29, 0.717) is 12.5 Å². The molecule has 0 aliphatic rings. The van der Waals surface area contributed by atoms with Crippen molar-refractivity contribution in [2.45, 2.75) is 52.5 Å². The van der Waals surface area contributed by atoms with E-state index in [1.54, 1.807) is 7.11 Å². The second-order valence-electron chi connectivity index (χ2n) is 6.42. The summed E-state index contributed by atoms with van der Waals surface area (Å²) in [6.45, 7) is 8.44. The Kier molecular flexibility index (Phi) is 8.68. The number of methoxy groups -OCH3 is 1. The van der Waals surface area contributed by atoms with Gasteiger partial charge in [0.05, 0.1) is 12.8 Å². The van der Waals surface area contributed by atoms with Crippen LogP contribution < -0.4 is 15.4 Å². The molecule has 27 heavy (non-hydrogen) atoms. The van der Waals surface area contributed by atoms with Gasteiger partial charge in [0.15, 0.2) is 11.7 Å². The first kappa shape index (κ1) is 20.8. The molecule has 0 atom stereocenters. The summed E-state index contributed by atoms with van der Waals surface area (Å²) in [4.78, 5) is 4.61. The first-order valence-electron chi connectivity index (χ1n) is 9.81. The molecule has 1 aromatic heterocycles. The number of hydrogen-bond acceptors (Lipinski definition) is 4. The van der Waals surface area contributed by atoms with Gasteiger partial charge in [-0.2, -0.15) is 0 Å². The summed E-state index contributed by atoms with van der Waals surface area (Å²) in [5, 5.41) is 10.8. The number of ether oxygens (including phenoxy) is 1. The Hall–Kier alpha value is -2.50. The van der Waals surface area contributed by atoms with Gasteiger partial charge in [-0.15, -0.1) is 0 Å². The normalized spacial score (nSPS) is 11.7. The van der Waals surface area contributed by atoms with E-state index in [9.17, 15) is 0 Å². The molecular weight excluding hydrogens is 340 g/mol. The zero-order valence-corrected chi connectivity index (χ0v) is 16.9. The van der Waals surface area contributed by atoms with E-state index in [4.69, 9.17) is 9.26 Å². The summed E-state index contributed by atoms with van der Waals surface area (Å²) >= 11 is 0. The Morgan fingerprint density at radius 1 is 1.19 bits per heavy atom. The molecular formula is C21H32N4O2. The summed E-state index contributed by atoms with van der Waals surface area (Å²) in [7, 11) is 1.70. The molecule has 6 nitrogen and oxygen atoms in total. The summed E-state index contributed by atoms with van der Waals surface area (Å²) in [6.07, 6.45) is 2.99. The second kappa shape index (κ2) is 11.3. The van der Waals surface area contributed by atoms with Crippen LogP contribution in [0.15, 0.2) is 39.8 Å². The topological polar surface area (TPSA) is 71.7 Å². The van der Waals surface area contributed by atoms with Crippen molar-refractivity contribution in [3.05, 3.63) is 47.3 Å². The van der Waals surface area contributed by atoms with E-state index in [2.05, 4.69) is 47.6 Å². The number of aliphatic imine (C=N–C) groups is 1. The lowest BCUT2D eigenvalue weighted by Crippen LogP contribution is -2.38. The molecule has 0 fully saturated rings. The first-order chi connectivity index (χ1) is 13.2. The molecule has 6 heteroatoms. The zero-order valence-electron chi connectivity index (χ0n) is 16.9. The summed E-state index contributed by atoms with van der Waals surface area (Å²) in [6, 6.07) is 10.1. The highest BCUT2D eigenvalue weighted by atomic mass is 16.5. The van der Waals surface area contributed by atoms with Gasteiger partial charge < -0.3 is 19.9 Å². The van der Waals surface area contributed by atoms with Gasteiger partial charge in [0.2, 0.25) is 0 Å². The van der Waals surface area contributed by atoms with Crippen LogP contribution in [0.5, 0.6) is 5.75 Å². The van der Waals surface area contributed by atoms with Gasteiger partial charge in [0.25, 0.3) is 0 Å². The smallest absolute Gasteiger partial charge is 0.191 e. The van der Waals surface area contributed by atoms with E-state index in [-0.39, 0.29) is 0 Å². The van der Waals surface area contributed by atoms with Crippen molar-refractivity contribution in [1.29, 1.82) is 0 Å². The van der Waals surface area contributed by atoms with Crippen LogP contribution >= 0.6 is 0 Å². The number of aromatic nitrogens is 1. The lowest BCUT2D eigenvalue weighted by molar-refractivity contribution is 0.372. The van der Waals surface area contributed by atoms with Crippen LogP contribution in [0.1, 0.15) is 56.5 Å². The molecule has 0 radical (unpaired) electrons. The Morgan fingerprint density at radius 2 is 1.96 bits per heavy atom. The minimum absolute atomic E-state index is 0.457. The number of benzene rings is 1.